The number of carbonyl (C=O) groups excluding carboxylic acids is 1. The third-order valence-electron chi connectivity index (χ3n) is 6.15. The summed E-state index contributed by atoms with van der Waals surface area (Å²) in [5, 5.41) is 14.2. The molecule has 0 radical (unpaired) electrons. The number of hydrogen-bond acceptors (Lipinski definition) is 5. The molecule has 0 saturated carbocycles. The summed E-state index contributed by atoms with van der Waals surface area (Å²) in [6.07, 6.45) is 3.29. The summed E-state index contributed by atoms with van der Waals surface area (Å²) in [7, 11) is 1.65. The first-order valence-corrected chi connectivity index (χ1v) is 12.2. The van der Waals surface area contributed by atoms with Gasteiger partial charge in [0.15, 0.2) is 0 Å². The lowest BCUT2D eigenvalue weighted by Gasteiger charge is -2.21. The number of ether oxygens (including phenoxy) is 1. The average molecular weight is 503 g/mol. The summed E-state index contributed by atoms with van der Waals surface area (Å²) in [6, 6.07) is 9.38. The molecule has 0 bridgehead atoms. The van der Waals surface area contributed by atoms with Crippen LogP contribution in [0.3, 0.4) is 0 Å². The van der Waals surface area contributed by atoms with E-state index in [9.17, 15) is 14.7 Å². The zero-order chi connectivity index (χ0) is 27.3. The summed E-state index contributed by atoms with van der Waals surface area (Å²) in [5.74, 6) is 0.701. The van der Waals surface area contributed by atoms with Crippen LogP contribution in [0.1, 0.15) is 61.8 Å². The van der Waals surface area contributed by atoms with Crippen LogP contribution in [0.15, 0.2) is 47.5 Å². The number of hydrogen-bond donors (Lipinski definition) is 3. The van der Waals surface area contributed by atoms with Crippen LogP contribution in [-0.2, 0) is 12.6 Å². The molecule has 4 aromatic rings. The molecule has 1 amide bonds. The van der Waals surface area contributed by atoms with Gasteiger partial charge in [-0.2, -0.15) is 0 Å². The van der Waals surface area contributed by atoms with Gasteiger partial charge in [0, 0.05) is 47.1 Å². The summed E-state index contributed by atoms with van der Waals surface area (Å²) < 4.78 is 7.82. The van der Waals surface area contributed by atoms with Crippen molar-refractivity contribution in [1.82, 2.24) is 19.9 Å². The number of pyridine rings is 2. The number of aromatic amines is 1. The van der Waals surface area contributed by atoms with Gasteiger partial charge in [0.1, 0.15) is 17.0 Å². The molecular weight excluding hydrogens is 468 g/mol. The van der Waals surface area contributed by atoms with Crippen molar-refractivity contribution in [3.8, 4) is 22.8 Å². The first-order chi connectivity index (χ1) is 17.2. The van der Waals surface area contributed by atoms with Crippen molar-refractivity contribution in [2.75, 3.05) is 0 Å². The SMILES string of the molecule is Cc1cccc(C)c1Oc1ncc(C(C)(C)O)cc1-c1cn(C)c(=O)c2[nH]c(C(=O)NC(C)(C)C)cc12. The fraction of sp³-hybridized carbons (Fsp3) is 0.345. The molecule has 1 aromatic carbocycles. The minimum absolute atomic E-state index is 0.266. The van der Waals surface area contributed by atoms with E-state index in [-0.39, 0.29) is 17.2 Å². The minimum atomic E-state index is -1.16. The smallest absolute Gasteiger partial charge is 0.274 e. The van der Waals surface area contributed by atoms with E-state index in [1.165, 1.54) is 4.57 Å². The van der Waals surface area contributed by atoms with Crippen molar-refractivity contribution in [2.45, 2.75) is 59.6 Å². The second-order valence-electron chi connectivity index (χ2n) is 11.1. The van der Waals surface area contributed by atoms with E-state index in [2.05, 4.69) is 15.3 Å². The fourth-order valence-electron chi connectivity index (χ4n) is 4.20. The van der Waals surface area contributed by atoms with Crippen LogP contribution >= 0.6 is 0 Å². The molecule has 4 rings (SSSR count). The topological polar surface area (TPSA) is 109 Å². The average Bonchev–Trinajstić information content (AvgIpc) is 3.23. The number of H-pyrrole nitrogens is 1. The molecule has 37 heavy (non-hydrogen) atoms. The lowest BCUT2D eigenvalue weighted by molar-refractivity contribution is 0.0781. The number of fused-ring (bicyclic) bond motifs is 1. The standard InChI is InChI=1S/C29H34N4O4/c1-16-10-9-11-17(2)24(16)37-26-20(12-18(14-30-26)29(6,7)36)21-15-33(8)27(35)23-19(21)13-22(31-23)25(34)32-28(3,4)5/h9-15,31,36H,1-8H3,(H,32,34). The third-order valence-corrected chi connectivity index (χ3v) is 6.15. The number of aryl methyl sites for hydroxylation is 3. The molecule has 8 nitrogen and oxygen atoms in total. The van der Waals surface area contributed by atoms with Crippen molar-refractivity contribution in [3.63, 3.8) is 0 Å². The zero-order valence-electron chi connectivity index (χ0n) is 22.6. The van der Waals surface area contributed by atoms with Crippen molar-refractivity contribution < 1.29 is 14.6 Å². The van der Waals surface area contributed by atoms with Crippen LogP contribution in [0.4, 0.5) is 0 Å². The number of nitrogens with zero attached hydrogens (tertiary/aromatic N) is 2. The Labute approximate surface area is 216 Å². The van der Waals surface area contributed by atoms with Crippen molar-refractivity contribution in [2.24, 2.45) is 7.05 Å². The van der Waals surface area contributed by atoms with E-state index in [1.807, 2.05) is 58.9 Å². The van der Waals surface area contributed by atoms with Gasteiger partial charge in [-0.3, -0.25) is 9.59 Å². The van der Waals surface area contributed by atoms with Gasteiger partial charge < -0.3 is 24.7 Å². The molecule has 0 saturated heterocycles. The summed E-state index contributed by atoms with van der Waals surface area (Å²) >= 11 is 0. The predicted molar refractivity (Wildman–Crippen MR) is 145 cm³/mol. The van der Waals surface area contributed by atoms with Gasteiger partial charge in [0.05, 0.1) is 5.60 Å². The van der Waals surface area contributed by atoms with Crippen LogP contribution in [0.25, 0.3) is 22.0 Å². The number of para-hydroxylation sites is 1. The Hall–Kier alpha value is -3.91. The molecule has 0 aliphatic carbocycles. The van der Waals surface area contributed by atoms with E-state index in [4.69, 9.17) is 4.74 Å². The molecule has 3 aromatic heterocycles. The Kier molecular flexibility index (Phi) is 6.50. The van der Waals surface area contributed by atoms with Gasteiger partial charge in [-0.25, -0.2) is 4.98 Å². The van der Waals surface area contributed by atoms with Crippen molar-refractivity contribution in [3.05, 3.63) is 75.5 Å². The first kappa shape index (κ1) is 26.2. The number of rotatable bonds is 5. The maximum Gasteiger partial charge on any atom is 0.274 e. The van der Waals surface area contributed by atoms with Crippen LogP contribution in [0.5, 0.6) is 11.6 Å². The van der Waals surface area contributed by atoms with Gasteiger partial charge in [0.2, 0.25) is 5.88 Å². The molecule has 0 aliphatic heterocycles. The maximum absolute atomic E-state index is 13.0. The largest absolute Gasteiger partial charge is 0.438 e. The van der Waals surface area contributed by atoms with Gasteiger partial charge in [0.25, 0.3) is 11.5 Å². The Bertz CT molecular complexity index is 1550. The summed E-state index contributed by atoms with van der Waals surface area (Å²) in [4.78, 5) is 33.6. The quantitative estimate of drug-likeness (QED) is 0.352. The normalized spacial score (nSPS) is 12.1. The molecule has 3 N–H and O–H groups in total. The maximum atomic E-state index is 13.0. The highest BCUT2D eigenvalue weighted by molar-refractivity contribution is 6.03. The molecule has 0 spiro atoms. The van der Waals surface area contributed by atoms with Gasteiger partial charge in [-0.05, 0) is 71.7 Å². The van der Waals surface area contributed by atoms with Gasteiger partial charge >= 0.3 is 0 Å². The molecule has 8 heteroatoms. The van der Waals surface area contributed by atoms with Gasteiger partial charge in [-0.1, -0.05) is 18.2 Å². The molecule has 194 valence electrons. The van der Waals surface area contributed by atoms with E-state index < -0.39 is 11.1 Å². The fourth-order valence-corrected chi connectivity index (χ4v) is 4.20. The highest BCUT2D eigenvalue weighted by Gasteiger charge is 2.24. The summed E-state index contributed by atoms with van der Waals surface area (Å²) in [6.45, 7) is 13.0. The van der Waals surface area contributed by atoms with E-state index in [0.717, 1.165) is 11.1 Å². The Morgan fingerprint density at radius 1 is 1.08 bits per heavy atom. The highest BCUT2D eigenvalue weighted by Crippen LogP contribution is 2.39. The predicted octanol–water partition coefficient (Wildman–Crippen LogP) is 5.09. The lowest BCUT2D eigenvalue weighted by atomic mass is 9.96. The van der Waals surface area contributed by atoms with Crippen molar-refractivity contribution in [1.29, 1.82) is 0 Å². The molecule has 0 fully saturated rings. The molecule has 0 aliphatic rings. The monoisotopic (exact) mass is 502 g/mol. The molecule has 3 heterocycles. The zero-order valence-corrected chi connectivity index (χ0v) is 22.6. The molecule has 0 unspecified atom stereocenters. The molecule has 0 atom stereocenters. The van der Waals surface area contributed by atoms with E-state index in [1.54, 1.807) is 39.4 Å². The van der Waals surface area contributed by atoms with Crippen LogP contribution in [-0.4, -0.2) is 31.1 Å². The molecular formula is C29H34N4O4. The number of nitrogens with one attached hydrogen (secondary N) is 2. The lowest BCUT2D eigenvalue weighted by Crippen LogP contribution is -2.40. The Balaban J connectivity index is 1.98. The number of amides is 1. The third kappa shape index (κ3) is 5.29. The number of aromatic nitrogens is 3. The second kappa shape index (κ2) is 9.19. The minimum Gasteiger partial charge on any atom is -0.438 e. The van der Waals surface area contributed by atoms with Crippen LogP contribution in [0.2, 0.25) is 0 Å². The van der Waals surface area contributed by atoms with Crippen molar-refractivity contribution >= 4 is 16.8 Å². The Morgan fingerprint density at radius 3 is 2.32 bits per heavy atom. The van der Waals surface area contributed by atoms with Crippen LogP contribution < -0.4 is 15.6 Å². The Morgan fingerprint density at radius 2 is 1.73 bits per heavy atom. The number of aliphatic hydroxyl groups is 1. The second-order valence-corrected chi connectivity index (χ2v) is 11.1. The van der Waals surface area contributed by atoms with E-state index >= 15 is 0 Å². The summed E-state index contributed by atoms with van der Waals surface area (Å²) in [5.41, 5.74) is 2.42. The van der Waals surface area contributed by atoms with Crippen LogP contribution in [0, 0.1) is 13.8 Å². The number of benzene rings is 1. The number of carbonyl (C=O) groups is 1. The first-order valence-electron chi connectivity index (χ1n) is 12.2. The van der Waals surface area contributed by atoms with E-state index in [0.29, 0.717) is 39.2 Å². The highest BCUT2D eigenvalue weighted by atomic mass is 16.5. The van der Waals surface area contributed by atoms with Gasteiger partial charge in [-0.15, -0.1) is 0 Å².